The zero-order chi connectivity index (χ0) is 27.0. The first kappa shape index (κ1) is 24.6. The van der Waals surface area contributed by atoms with E-state index in [9.17, 15) is 9.59 Å². The Bertz CT molecular complexity index is 1660. The van der Waals surface area contributed by atoms with E-state index < -0.39 is 11.4 Å². The van der Waals surface area contributed by atoms with Gasteiger partial charge in [-0.15, -0.1) is 0 Å². The van der Waals surface area contributed by atoms with Gasteiger partial charge >= 0.3 is 6.09 Å². The molecular weight excluding hydrogens is 485 g/mol. The van der Waals surface area contributed by atoms with Crippen molar-refractivity contribution in [1.82, 2.24) is 24.2 Å². The summed E-state index contributed by atoms with van der Waals surface area (Å²) in [5, 5.41) is 5.05. The molecule has 1 aliphatic heterocycles. The van der Waals surface area contributed by atoms with Crippen molar-refractivity contribution >= 4 is 27.9 Å². The predicted octanol–water partition coefficient (Wildman–Crippen LogP) is 5.50. The third kappa shape index (κ3) is 4.14. The highest BCUT2D eigenvalue weighted by molar-refractivity contribution is 5.88. The van der Waals surface area contributed by atoms with Gasteiger partial charge in [-0.3, -0.25) is 9.48 Å². The van der Waals surface area contributed by atoms with Crippen molar-refractivity contribution < 1.29 is 13.9 Å². The van der Waals surface area contributed by atoms with Crippen molar-refractivity contribution in [2.45, 2.75) is 70.6 Å². The monoisotopic (exact) mass is 517 g/mol. The zero-order valence-corrected chi connectivity index (χ0v) is 22.4. The molecule has 1 saturated carbocycles. The average molecular weight is 518 g/mol. The number of amides is 1. The molecule has 1 aliphatic carbocycles. The number of rotatable bonds is 2. The number of pyridine rings is 2. The Morgan fingerprint density at radius 1 is 1.21 bits per heavy atom. The minimum absolute atomic E-state index is 0.0786. The first-order chi connectivity index (χ1) is 17.9. The molecule has 0 radical (unpaired) electrons. The van der Waals surface area contributed by atoms with Crippen LogP contribution in [0.1, 0.15) is 58.1 Å². The Labute approximate surface area is 220 Å². The number of carbonyl (C=O) groups excluding carboxylic acids is 1. The highest BCUT2D eigenvalue weighted by Gasteiger charge is 2.54. The summed E-state index contributed by atoms with van der Waals surface area (Å²) in [6.45, 7) is 8.05. The molecule has 1 saturated heterocycles. The normalized spacial score (nSPS) is 18.9. The van der Waals surface area contributed by atoms with Crippen molar-refractivity contribution in [2.24, 2.45) is 7.05 Å². The first-order valence-electron chi connectivity index (χ1n) is 13.1. The number of benzene rings is 1. The molecule has 1 atom stereocenters. The van der Waals surface area contributed by atoms with Gasteiger partial charge in [-0.2, -0.15) is 5.10 Å². The number of hydrogen-bond acceptors (Lipinski definition) is 5. The summed E-state index contributed by atoms with van der Waals surface area (Å²) in [5.41, 5.74) is 2.57. The van der Waals surface area contributed by atoms with E-state index in [0.717, 1.165) is 29.4 Å². The van der Waals surface area contributed by atoms with Gasteiger partial charge in [-0.1, -0.05) is 0 Å². The molecule has 1 amide bonds. The Balaban J connectivity index is 1.32. The zero-order valence-electron chi connectivity index (χ0n) is 22.4. The summed E-state index contributed by atoms with van der Waals surface area (Å²) in [5.74, 6) is -0.560. The van der Waals surface area contributed by atoms with E-state index in [1.807, 2.05) is 58.0 Å². The highest BCUT2D eigenvalue weighted by atomic mass is 19.1. The summed E-state index contributed by atoms with van der Waals surface area (Å²) in [6, 6.07) is 6.81. The maximum absolute atomic E-state index is 15.5. The Morgan fingerprint density at radius 3 is 2.68 bits per heavy atom. The minimum atomic E-state index is -0.562. The van der Waals surface area contributed by atoms with Gasteiger partial charge in [0.25, 0.3) is 5.56 Å². The Kier molecular flexibility index (Phi) is 5.42. The number of fused-ring (bicyclic) bond motifs is 2. The molecule has 198 valence electrons. The summed E-state index contributed by atoms with van der Waals surface area (Å²) in [7, 11) is 1.84. The summed E-state index contributed by atoms with van der Waals surface area (Å²) in [4.78, 5) is 32.9. The predicted molar refractivity (Wildman–Crippen MR) is 144 cm³/mol. The van der Waals surface area contributed by atoms with Crippen LogP contribution in [0, 0.1) is 12.7 Å². The van der Waals surface area contributed by atoms with E-state index in [-0.39, 0.29) is 28.6 Å². The lowest BCUT2D eigenvalue weighted by Gasteiger charge is -2.41. The van der Waals surface area contributed by atoms with Gasteiger partial charge in [-0.25, -0.2) is 14.2 Å². The number of hydrogen-bond donors (Lipinski definition) is 0. The van der Waals surface area contributed by atoms with E-state index in [2.05, 4.69) is 10.1 Å². The number of ether oxygens (including phenoxy) is 1. The second kappa shape index (κ2) is 8.38. The van der Waals surface area contributed by atoms with Crippen molar-refractivity contribution in [2.75, 3.05) is 6.54 Å². The van der Waals surface area contributed by atoms with E-state index in [1.165, 1.54) is 6.07 Å². The van der Waals surface area contributed by atoms with Crippen molar-refractivity contribution in [3.8, 4) is 11.3 Å². The summed E-state index contributed by atoms with van der Waals surface area (Å²) in [6.07, 6.45) is 6.34. The maximum Gasteiger partial charge on any atom is 0.410 e. The number of piperidine rings is 1. The van der Waals surface area contributed by atoms with Gasteiger partial charge in [0, 0.05) is 36.9 Å². The van der Waals surface area contributed by atoms with Crippen LogP contribution in [-0.4, -0.2) is 48.0 Å². The third-order valence-corrected chi connectivity index (χ3v) is 7.77. The quantitative estimate of drug-likeness (QED) is 0.351. The van der Waals surface area contributed by atoms with Crippen molar-refractivity contribution in [3.63, 3.8) is 0 Å². The number of aryl methyl sites for hydroxylation is 2. The van der Waals surface area contributed by atoms with Gasteiger partial charge in [0.15, 0.2) is 0 Å². The molecule has 4 aromatic rings. The van der Waals surface area contributed by atoms with Crippen LogP contribution in [0.15, 0.2) is 41.5 Å². The largest absolute Gasteiger partial charge is 0.444 e. The lowest BCUT2D eigenvalue weighted by molar-refractivity contribution is 0.000497. The molecule has 0 bridgehead atoms. The molecule has 6 rings (SSSR count). The smallest absolute Gasteiger partial charge is 0.410 e. The maximum atomic E-state index is 15.5. The second-order valence-corrected chi connectivity index (χ2v) is 11.8. The molecule has 0 N–H and O–H groups in total. The van der Waals surface area contributed by atoms with E-state index in [1.54, 1.807) is 21.5 Å². The topological polar surface area (TPSA) is 82.3 Å². The molecule has 4 heterocycles. The molecule has 1 unspecified atom stereocenters. The van der Waals surface area contributed by atoms with Gasteiger partial charge in [-0.05, 0) is 88.6 Å². The van der Waals surface area contributed by atoms with Crippen molar-refractivity contribution in [1.29, 1.82) is 0 Å². The van der Waals surface area contributed by atoms with Crippen LogP contribution >= 0.6 is 0 Å². The Hall–Kier alpha value is -3.75. The average Bonchev–Trinajstić information content (AvgIpc) is 3.46. The van der Waals surface area contributed by atoms with Crippen LogP contribution in [0.3, 0.4) is 0 Å². The molecule has 2 aliphatic rings. The molecule has 2 fully saturated rings. The molecule has 3 aromatic heterocycles. The van der Waals surface area contributed by atoms with Crippen molar-refractivity contribution in [3.05, 3.63) is 58.4 Å². The van der Waals surface area contributed by atoms with Crippen LogP contribution in [0.25, 0.3) is 33.1 Å². The molecule has 1 aromatic carbocycles. The van der Waals surface area contributed by atoms with E-state index in [4.69, 9.17) is 4.74 Å². The number of likely N-dealkylation sites (tertiary alicyclic amines) is 1. The van der Waals surface area contributed by atoms with Crippen LogP contribution in [0.4, 0.5) is 9.18 Å². The second-order valence-electron chi connectivity index (χ2n) is 11.8. The Morgan fingerprint density at radius 2 is 1.97 bits per heavy atom. The molecule has 9 heteroatoms. The van der Waals surface area contributed by atoms with Gasteiger partial charge in [0.05, 0.1) is 17.3 Å². The lowest BCUT2D eigenvalue weighted by Crippen LogP contribution is -2.50. The van der Waals surface area contributed by atoms with Crippen LogP contribution in [0.2, 0.25) is 0 Å². The van der Waals surface area contributed by atoms with Gasteiger partial charge in [0.2, 0.25) is 0 Å². The minimum Gasteiger partial charge on any atom is -0.444 e. The molecule has 8 nitrogen and oxygen atoms in total. The summed E-state index contributed by atoms with van der Waals surface area (Å²) < 4.78 is 24.5. The lowest BCUT2D eigenvalue weighted by atomic mass is 9.94. The SMILES string of the molecule is Cc1cc(-c2cc(F)c3c(=O)n(C4CCN(C(=O)OC(C)(C)C)C5(CC5)C4)ccc3c2)nc2cn(C)nc12. The fourth-order valence-corrected chi connectivity index (χ4v) is 5.82. The number of halogens is 1. The van der Waals surface area contributed by atoms with Crippen LogP contribution in [0.5, 0.6) is 0 Å². The van der Waals surface area contributed by atoms with Crippen LogP contribution in [-0.2, 0) is 11.8 Å². The van der Waals surface area contributed by atoms with Gasteiger partial charge < -0.3 is 14.2 Å². The fraction of sp³-hybridized carbons (Fsp3) is 0.448. The molecular formula is C29H32FN5O3. The first-order valence-corrected chi connectivity index (χ1v) is 13.1. The van der Waals surface area contributed by atoms with Gasteiger partial charge in [0.1, 0.15) is 22.5 Å². The van der Waals surface area contributed by atoms with E-state index >= 15 is 4.39 Å². The number of nitrogens with zero attached hydrogens (tertiary/aromatic N) is 5. The standard InChI is InChI=1S/C29H32FN5O3/c1-17-12-22(31-23-16-33(5)32-25(17)23)19-13-18-6-10-34(26(36)24(18)21(30)14-19)20-7-11-35(29(15-20)8-9-29)27(37)38-28(2,3)4/h6,10,12-14,16,20H,7-9,11,15H2,1-5H3. The fourth-order valence-electron chi connectivity index (χ4n) is 5.82. The third-order valence-electron chi connectivity index (χ3n) is 7.77. The number of aromatic nitrogens is 4. The van der Waals surface area contributed by atoms with Crippen LogP contribution < -0.4 is 5.56 Å². The molecule has 38 heavy (non-hydrogen) atoms. The van der Waals surface area contributed by atoms with E-state index in [0.29, 0.717) is 36.0 Å². The number of carbonyl (C=O) groups is 1. The molecule has 1 spiro atoms. The highest BCUT2D eigenvalue weighted by Crippen LogP contribution is 2.51. The summed E-state index contributed by atoms with van der Waals surface area (Å²) >= 11 is 0.